The van der Waals surface area contributed by atoms with Gasteiger partial charge >= 0.3 is 6.18 Å². The quantitative estimate of drug-likeness (QED) is 0.274. The van der Waals surface area contributed by atoms with Crippen LogP contribution in [0.25, 0.3) is 0 Å². The molecular formula is C15H24F3IN4O2. The van der Waals surface area contributed by atoms with Crippen molar-refractivity contribution in [3.8, 4) is 5.88 Å². The van der Waals surface area contributed by atoms with Crippen LogP contribution in [0.15, 0.2) is 23.3 Å². The fourth-order valence-corrected chi connectivity index (χ4v) is 1.63. The van der Waals surface area contributed by atoms with E-state index < -0.39 is 17.6 Å². The molecule has 0 bridgehead atoms. The Kier molecular flexibility index (Phi) is 10.1. The molecule has 1 heterocycles. The van der Waals surface area contributed by atoms with Crippen LogP contribution < -0.4 is 15.4 Å². The highest BCUT2D eigenvalue weighted by atomic mass is 127. The van der Waals surface area contributed by atoms with E-state index in [4.69, 9.17) is 9.47 Å². The van der Waals surface area contributed by atoms with Gasteiger partial charge in [0.1, 0.15) is 12.2 Å². The van der Waals surface area contributed by atoms with Crippen LogP contribution in [0, 0.1) is 0 Å². The minimum absolute atomic E-state index is 0. The predicted molar refractivity (Wildman–Crippen MR) is 101 cm³/mol. The molecule has 1 aromatic rings. The maximum absolute atomic E-state index is 12.8. The number of methoxy groups -OCH3 is 1. The van der Waals surface area contributed by atoms with Crippen LogP contribution in [-0.2, 0) is 10.9 Å². The maximum atomic E-state index is 12.8. The van der Waals surface area contributed by atoms with Crippen LogP contribution in [0.1, 0.15) is 19.4 Å². The standard InChI is InChI=1S/C15H23F3N4O2.HI/c1-14(2,23-4)10-22-13(19-3)21-8-9-24-12-11(15(16,17)18)6-5-7-20-12;/h5-7H,8-10H2,1-4H3,(H2,19,21,22);1H. The molecule has 0 saturated heterocycles. The first-order valence-electron chi connectivity index (χ1n) is 7.34. The number of rotatable bonds is 7. The number of nitrogens with one attached hydrogen (secondary N) is 2. The van der Waals surface area contributed by atoms with E-state index in [1.54, 1.807) is 14.2 Å². The van der Waals surface area contributed by atoms with E-state index in [1.807, 2.05) is 13.8 Å². The fraction of sp³-hybridized carbons (Fsp3) is 0.600. The van der Waals surface area contributed by atoms with Gasteiger partial charge in [0.25, 0.3) is 0 Å². The van der Waals surface area contributed by atoms with Crippen molar-refractivity contribution in [2.45, 2.75) is 25.6 Å². The first kappa shape index (κ1) is 23.7. The summed E-state index contributed by atoms with van der Waals surface area (Å²) >= 11 is 0. The van der Waals surface area contributed by atoms with Gasteiger partial charge in [-0.15, -0.1) is 24.0 Å². The molecule has 0 unspecified atom stereocenters. The summed E-state index contributed by atoms with van der Waals surface area (Å²) in [5.74, 6) is 0.0658. The zero-order valence-corrected chi connectivity index (χ0v) is 16.9. The largest absolute Gasteiger partial charge is 0.475 e. The van der Waals surface area contributed by atoms with Gasteiger partial charge in [0.2, 0.25) is 5.88 Å². The molecule has 0 saturated carbocycles. The van der Waals surface area contributed by atoms with Crippen molar-refractivity contribution in [3.63, 3.8) is 0 Å². The van der Waals surface area contributed by atoms with Crippen LogP contribution in [0.5, 0.6) is 5.88 Å². The van der Waals surface area contributed by atoms with Gasteiger partial charge in [-0.05, 0) is 26.0 Å². The Morgan fingerprint density at radius 2 is 1.96 bits per heavy atom. The number of pyridine rings is 1. The molecule has 0 spiro atoms. The van der Waals surface area contributed by atoms with Crippen molar-refractivity contribution in [2.24, 2.45) is 4.99 Å². The smallest absolute Gasteiger partial charge is 0.421 e. The van der Waals surface area contributed by atoms with E-state index in [-0.39, 0.29) is 42.7 Å². The molecule has 0 radical (unpaired) electrons. The highest BCUT2D eigenvalue weighted by molar-refractivity contribution is 14.0. The molecule has 0 aliphatic heterocycles. The number of alkyl halides is 3. The minimum Gasteiger partial charge on any atom is -0.475 e. The number of aliphatic imine (C=N–C) groups is 1. The Morgan fingerprint density at radius 3 is 2.52 bits per heavy atom. The van der Waals surface area contributed by atoms with Crippen LogP contribution >= 0.6 is 24.0 Å². The Bertz CT molecular complexity index is 554. The lowest BCUT2D eigenvalue weighted by Crippen LogP contribution is -2.46. The van der Waals surface area contributed by atoms with Gasteiger partial charge in [-0.1, -0.05) is 0 Å². The Balaban J connectivity index is 0.00000576. The lowest BCUT2D eigenvalue weighted by Gasteiger charge is -2.24. The third-order valence-electron chi connectivity index (χ3n) is 3.17. The molecule has 0 amide bonds. The molecule has 144 valence electrons. The molecule has 10 heteroatoms. The molecular weight excluding hydrogens is 452 g/mol. The highest BCUT2D eigenvalue weighted by Crippen LogP contribution is 2.34. The maximum Gasteiger partial charge on any atom is 0.421 e. The van der Waals surface area contributed by atoms with Crippen molar-refractivity contribution in [1.82, 2.24) is 15.6 Å². The van der Waals surface area contributed by atoms with E-state index in [0.29, 0.717) is 12.5 Å². The summed E-state index contributed by atoms with van der Waals surface area (Å²) < 4.78 is 48.8. The van der Waals surface area contributed by atoms with Gasteiger partial charge in [0.15, 0.2) is 5.96 Å². The predicted octanol–water partition coefficient (Wildman–Crippen LogP) is 2.69. The zero-order chi connectivity index (χ0) is 18.2. The summed E-state index contributed by atoms with van der Waals surface area (Å²) in [4.78, 5) is 7.64. The van der Waals surface area contributed by atoms with E-state index >= 15 is 0 Å². The van der Waals surface area contributed by atoms with Crippen LogP contribution in [-0.4, -0.2) is 50.4 Å². The number of aromatic nitrogens is 1. The van der Waals surface area contributed by atoms with E-state index in [2.05, 4.69) is 20.6 Å². The molecule has 2 N–H and O–H groups in total. The van der Waals surface area contributed by atoms with Crippen molar-refractivity contribution in [3.05, 3.63) is 23.9 Å². The topological polar surface area (TPSA) is 67.8 Å². The summed E-state index contributed by atoms with van der Waals surface area (Å²) in [5.41, 5.74) is -1.27. The third-order valence-corrected chi connectivity index (χ3v) is 3.17. The van der Waals surface area contributed by atoms with Crippen molar-refractivity contribution < 1.29 is 22.6 Å². The van der Waals surface area contributed by atoms with Gasteiger partial charge in [-0.25, -0.2) is 4.98 Å². The first-order chi connectivity index (χ1) is 11.2. The van der Waals surface area contributed by atoms with Crippen molar-refractivity contribution >= 4 is 29.9 Å². The molecule has 6 nitrogen and oxygen atoms in total. The lowest BCUT2D eigenvalue weighted by molar-refractivity contribution is -0.139. The lowest BCUT2D eigenvalue weighted by atomic mass is 10.1. The number of hydrogen-bond donors (Lipinski definition) is 2. The number of halogens is 4. The first-order valence-corrected chi connectivity index (χ1v) is 7.34. The monoisotopic (exact) mass is 476 g/mol. The van der Waals surface area contributed by atoms with Gasteiger partial charge in [0.05, 0.1) is 12.1 Å². The van der Waals surface area contributed by atoms with E-state index in [0.717, 1.165) is 6.07 Å². The molecule has 25 heavy (non-hydrogen) atoms. The SMILES string of the molecule is CN=C(NCCOc1ncccc1C(F)(F)F)NCC(C)(C)OC.I. The average Bonchev–Trinajstić information content (AvgIpc) is 2.53. The summed E-state index contributed by atoms with van der Waals surface area (Å²) in [6.07, 6.45) is -3.24. The Labute approximate surface area is 162 Å². The Hall–Kier alpha value is -1.30. The molecule has 0 aliphatic rings. The van der Waals surface area contributed by atoms with Gasteiger partial charge in [-0.3, -0.25) is 4.99 Å². The van der Waals surface area contributed by atoms with Gasteiger partial charge in [-0.2, -0.15) is 13.2 Å². The zero-order valence-electron chi connectivity index (χ0n) is 14.6. The molecule has 0 aliphatic carbocycles. The summed E-state index contributed by atoms with van der Waals surface area (Å²) in [6.45, 7) is 4.62. The molecule has 0 fully saturated rings. The molecule has 1 rings (SSSR count). The average molecular weight is 476 g/mol. The number of hydrogen-bond acceptors (Lipinski definition) is 4. The van der Waals surface area contributed by atoms with Crippen LogP contribution in [0.3, 0.4) is 0 Å². The Morgan fingerprint density at radius 1 is 1.28 bits per heavy atom. The third kappa shape index (κ3) is 8.56. The van der Waals surface area contributed by atoms with E-state index in [1.165, 1.54) is 12.3 Å². The van der Waals surface area contributed by atoms with Crippen LogP contribution in [0.2, 0.25) is 0 Å². The van der Waals surface area contributed by atoms with Gasteiger partial charge < -0.3 is 20.1 Å². The summed E-state index contributed by atoms with van der Waals surface area (Å²) in [6, 6.07) is 2.15. The molecule has 0 aromatic carbocycles. The van der Waals surface area contributed by atoms with E-state index in [9.17, 15) is 13.2 Å². The fourth-order valence-electron chi connectivity index (χ4n) is 1.63. The number of guanidine groups is 1. The van der Waals surface area contributed by atoms with Crippen molar-refractivity contribution in [1.29, 1.82) is 0 Å². The summed E-state index contributed by atoms with van der Waals surface area (Å²) in [7, 11) is 3.20. The second-order valence-corrected chi connectivity index (χ2v) is 5.52. The van der Waals surface area contributed by atoms with Crippen LogP contribution in [0.4, 0.5) is 13.2 Å². The second-order valence-electron chi connectivity index (χ2n) is 5.52. The number of ether oxygens (including phenoxy) is 2. The molecule has 1 aromatic heterocycles. The second kappa shape index (κ2) is 10.6. The summed E-state index contributed by atoms with van der Waals surface area (Å²) in [5, 5.41) is 6.00. The molecule has 0 atom stereocenters. The normalized spacial score (nSPS) is 12.4. The number of nitrogens with zero attached hydrogens (tertiary/aromatic N) is 2. The minimum atomic E-state index is -4.50. The highest BCUT2D eigenvalue weighted by Gasteiger charge is 2.34. The van der Waals surface area contributed by atoms with Gasteiger partial charge in [0, 0.05) is 26.9 Å². The van der Waals surface area contributed by atoms with Crippen molar-refractivity contribution in [2.75, 3.05) is 33.9 Å².